The summed E-state index contributed by atoms with van der Waals surface area (Å²) in [7, 11) is 0. The van der Waals surface area contributed by atoms with Crippen LogP contribution in [0.2, 0.25) is 0 Å². The van der Waals surface area contributed by atoms with Crippen molar-refractivity contribution in [3.05, 3.63) is 12.2 Å². The Kier molecular flexibility index (Phi) is 7.49. The number of likely N-dealkylation sites (tertiary alicyclic amines) is 1. The quantitative estimate of drug-likeness (QED) is 0.526. The summed E-state index contributed by atoms with van der Waals surface area (Å²) in [6, 6.07) is -0.122. The van der Waals surface area contributed by atoms with E-state index >= 15 is 0 Å². The molecule has 2 aliphatic heterocycles. The first-order valence-corrected chi connectivity index (χ1v) is 11.7. The van der Waals surface area contributed by atoms with Crippen molar-refractivity contribution in [3.8, 4) is 0 Å². The first kappa shape index (κ1) is 22.1. The summed E-state index contributed by atoms with van der Waals surface area (Å²) in [6.07, 6.45) is 10.3. The Morgan fingerprint density at radius 2 is 2.04 bits per heavy atom. The highest BCUT2D eigenvalue weighted by Gasteiger charge is 2.42. The van der Waals surface area contributed by atoms with Crippen LogP contribution in [0.25, 0.3) is 0 Å². The van der Waals surface area contributed by atoms with Crippen molar-refractivity contribution in [2.45, 2.75) is 77.3 Å². The molecule has 0 aromatic rings. The lowest BCUT2D eigenvalue weighted by Crippen LogP contribution is -2.56. The Balaban J connectivity index is 1.60. The van der Waals surface area contributed by atoms with Crippen LogP contribution < -0.4 is 5.32 Å². The molecule has 3 aliphatic rings. The third kappa shape index (κ3) is 5.31. The second-order valence-corrected chi connectivity index (χ2v) is 10.6. The van der Waals surface area contributed by atoms with Crippen molar-refractivity contribution >= 4 is 17.5 Å². The maximum Gasteiger partial charge on any atom is 0.239 e. The van der Waals surface area contributed by atoms with Gasteiger partial charge in [-0.2, -0.15) is 0 Å². The molecular weight excluding hydrogens is 372 g/mol. The lowest BCUT2D eigenvalue weighted by atomic mass is 9.65. The number of alkyl halides is 1. The van der Waals surface area contributed by atoms with Crippen molar-refractivity contribution in [2.75, 3.05) is 26.2 Å². The van der Waals surface area contributed by atoms with Crippen molar-refractivity contribution in [1.29, 1.82) is 0 Å². The highest BCUT2D eigenvalue weighted by atomic mass is 35.5. The van der Waals surface area contributed by atoms with E-state index in [0.29, 0.717) is 11.8 Å². The zero-order chi connectivity index (χ0) is 20.3. The predicted octanol–water partition coefficient (Wildman–Crippen LogP) is 4.23. The van der Waals surface area contributed by atoms with Gasteiger partial charge in [-0.25, -0.2) is 0 Å². The van der Waals surface area contributed by atoms with Gasteiger partial charge in [-0.3, -0.25) is 4.79 Å². The molecule has 0 aromatic heterocycles. The van der Waals surface area contributed by atoms with Crippen LogP contribution in [-0.4, -0.2) is 54.6 Å². The first-order chi connectivity index (χ1) is 13.3. The predicted molar refractivity (Wildman–Crippen MR) is 116 cm³/mol. The van der Waals surface area contributed by atoms with Crippen LogP contribution in [-0.2, 0) is 9.53 Å². The molecule has 2 saturated heterocycles. The maximum absolute atomic E-state index is 13.3. The fourth-order valence-corrected chi connectivity index (χ4v) is 5.58. The third-order valence-electron chi connectivity index (χ3n) is 7.01. The SMILES string of the molecule is CC(C)[C@@H](NCC1CCCO1)C(=O)N1CCC(C2C=CC(Cl)CC2)C(C)(C)C1. The largest absolute Gasteiger partial charge is 0.377 e. The molecule has 160 valence electrons. The van der Waals surface area contributed by atoms with Crippen molar-refractivity contribution in [1.82, 2.24) is 10.2 Å². The Bertz CT molecular complexity index is 557. The number of carbonyl (C=O) groups excluding carboxylic acids is 1. The number of nitrogens with one attached hydrogen (secondary N) is 1. The van der Waals surface area contributed by atoms with Crippen LogP contribution in [0.4, 0.5) is 0 Å². The highest BCUT2D eigenvalue weighted by molar-refractivity contribution is 6.21. The van der Waals surface area contributed by atoms with Crippen LogP contribution in [0, 0.1) is 23.2 Å². The van der Waals surface area contributed by atoms with Crippen LogP contribution in [0.15, 0.2) is 12.2 Å². The van der Waals surface area contributed by atoms with Crippen molar-refractivity contribution < 1.29 is 9.53 Å². The molecular formula is C23H39ClN2O2. The van der Waals surface area contributed by atoms with E-state index in [-0.39, 0.29) is 34.8 Å². The molecule has 5 atom stereocenters. The molecule has 0 aromatic carbocycles. The van der Waals surface area contributed by atoms with E-state index in [1.54, 1.807) is 0 Å². The Morgan fingerprint density at radius 3 is 2.61 bits per heavy atom. The molecule has 0 spiro atoms. The monoisotopic (exact) mass is 410 g/mol. The molecule has 28 heavy (non-hydrogen) atoms. The van der Waals surface area contributed by atoms with Crippen molar-refractivity contribution in [3.63, 3.8) is 0 Å². The average molecular weight is 411 g/mol. The molecule has 1 aliphatic carbocycles. The number of hydrogen-bond donors (Lipinski definition) is 1. The van der Waals surface area contributed by atoms with E-state index in [1.807, 2.05) is 0 Å². The second-order valence-electron chi connectivity index (χ2n) is 10.1. The van der Waals surface area contributed by atoms with E-state index in [2.05, 4.69) is 50.1 Å². The van der Waals surface area contributed by atoms with Gasteiger partial charge in [0, 0.05) is 26.2 Å². The van der Waals surface area contributed by atoms with Gasteiger partial charge in [0.2, 0.25) is 5.91 Å². The maximum atomic E-state index is 13.3. The van der Waals surface area contributed by atoms with Gasteiger partial charge in [0.25, 0.3) is 0 Å². The van der Waals surface area contributed by atoms with Gasteiger partial charge >= 0.3 is 0 Å². The zero-order valence-electron chi connectivity index (χ0n) is 18.1. The van der Waals surface area contributed by atoms with Gasteiger partial charge < -0.3 is 15.0 Å². The Hall–Kier alpha value is -0.580. The molecule has 0 saturated carbocycles. The van der Waals surface area contributed by atoms with Gasteiger partial charge in [-0.15, -0.1) is 11.6 Å². The number of halogens is 1. The van der Waals surface area contributed by atoms with Crippen LogP contribution in [0.1, 0.15) is 59.8 Å². The molecule has 0 radical (unpaired) electrons. The van der Waals surface area contributed by atoms with Gasteiger partial charge in [0.15, 0.2) is 0 Å². The molecule has 4 nitrogen and oxygen atoms in total. The van der Waals surface area contributed by atoms with Crippen LogP contribution in [0.5, 0.6) is 0 Å². The summed E-state index contributed by atoms with van der Waals surface area (Å²) < 4.78 is 5.73. The Labute approximate surface area is 176 Å². The molecule has 5 heteroatoms. The smallest absolute Gasteiger partial charge is 0.239 e. The minimum absolute atomic E-state index is 0.122. The number of piperidine rings is 1. The molecule has 1 amide bonds. The number of hydrogen-bond acceptors (Lipinski definition) is 3. The van der Waals surface area contributed by atoms with E-state index in [0.717, 1.165) is 51.9 Å². The highest BCUT2D eigenvalue weighted by Crippen LogP contribution is 2.43. The summed E-state index contributed by atoms with van der Waals surface area (Å²) in [4.78, 5) is 15.5. The lowest BCUT2D eigenvalue weighted by Gasteiger charge is -2.48. The molecule has 0 bridgehead atoms. The number of nitrogens with zero attached hydrogens (tertiary/aromatic N) is 1. The average Bonchev–Trinajstić information content (AvgIpc) is 3.15. The van der Waals surface area contributed by atoms with E-state index in [9.17, 15) is 4.79 Å². The van der Waals surface area contributed by atoms with Gasteiger partial charge in [-0.05, 0) is 55.3 Å². The second kappa shape index (κ2) is 9.49. The lowest BCUT2D eigenvalue weighted by molar-refractivity contribution is -0.140. The molecule has 4 unspecified atom stereocenters. The summed E-state index contributed by atoms with van der Waals surface area (Å²) >= 11 is 6.24. The van der Waals surface area contributed by atoms with Gasteiger partial charge in [0.1, 0.15) is 0 Å². The van der Waals surface area contributed by atoms with E-state index in [4.69, 9.17) is 16.3 Å². The van der Waals surface area contributed by atoms with E-state index < -0.39 is 0 Å². The number of allylic oxidation sites excluding steroid dienone is 2. The first-order valence-electron chi connectivity index (χ1n) is 11.2. The number of ether oxygens (including phenoxy) is 1. The zero-order valence-corrected chi connectivity index (χ0v) is 18.9. The van der Waals surface area contributed by atoms with Crippen LogP contribution >= 0.6 is 11.6 Å². The van der Waals surface area contributed by atoms with Gasteiger partial charge in [-0.1, -0.05) is 39.8 Å². The minimum Gasteiger partial charge on any atom is -0.377 e. The summed E-state index contributed by atoms with van der Waals surface area (Å²) in [5.41, 5.74) is 0.123. The normalized spacial score (nSPS) is 34.0. The number of amides is 1. The molecule has 2 heterocycles. The summed E-state index contributed by atoms with van der Waals surface area (Å²) in [6.45, 7) is 12.3. The topological polar surface area (TPSA) is 41.6 Å². The summed E-state index contributed by atoms with van der Waals surface area (Å²) in [5, 5.41) is 3.72. The standard InChI is InChI=1S/C23H39ClN2O2/c1-16(2)21(25-14-19-6-5-13-28-19)22(27)26-12-11-20(23(3,4)15-26)17-7-9-18(24)10-8-17/h7,9,16-21,25H,5-6,8,10-15H2,1-4H3/t17?,18?,19?,20?,21-/m1/s1. The van der Waals surface area contributed by atoms with Gasteiger partial charge in [0.05, 0.1) is 17.5 Å². The van der Waals surface area contributed by atoms with E-state index in [1.165, 1.54) is 6.42 Å². The molecule has 2 fully saturated rings. The Morgan fingerprint density at radius 1 is 1.25 bits per heavy atom. The fraction of sp³-hybridized carbons (Fsp3) is 0.870. The van der Waals surface area contributed by atoms with Crippen molar-refractivity contribution in [2.24, 2.45) is 23.2 Å². The number of carbonyl (C=O) groups is 1. The number of rotatable bonds is 6. The summed E-state index contributed by atoms with van der Waals surface area (Å²) in [5.74, 6) is 1.76. The molecule has 1 N–H and O–H groups in total. The molecule has 3 rings (SSSR count). The fourth-order valence-electron chi connectivity index (χ4n) is 5.37. The third-order valence-corrected chi connectivity index (χ3v) is 7.37. The van der Waals surface area contributed by atoms with Crippen LogP contribution in [0.3, 0.4) is 0 Å². The minimum atomic E-state index is -0.122.